The normalized spacial score (nSPS) is 15.0. The highest BCUT2D eigenvalue weighted by molar-refractivity contribution is 7.92. The zero-order valence-electron chi connectivity index (χ0n) is 43.2. The number of amides is 2. The molecule has 0 radical (unpaired) electrons. The number of carbonyl (C=O) groups is 2. The Morgan fingerprint density at radius 3 is 1.53 bits per heavy atom. The Labute approximate surface area is 432 Å². The number of rotatable bonds is 8. The van der Waals surface area contributed by atoms with E-state index < -0.39 is 30.9 Å². The molecular formula is C56H64N8O8S2. The number of ether oxygens (including phenoxy) is 2. The molecular weight excluding hydrogens is 977 g/mol. The smallest absolute Gasteiger partial charge is 0.410 e. The van der Waals surface area contributed by atoms with E-state index in [9.17, 15) is 26.4 Å². The van der Waals surface area contributed by atoms with Gasteiger partial charge >= 0.3 is 12.2 Å². The lowest BCUT2D eigenvalue weighted by Crippen LogP contribution is -2.50. The van der Waals surface area contributed by atoms with Gasteiger partial charge in [-0.25, -0.2) is 26.4 Å². The number of nitrogens with one attached hydrogen (secondary N) is 1. The highest BCUT2D eigenvalue weighted by Crippen LogP contribution is 2.36. The topological polar surface area (TPSA) is 180 Å². The molecule has 4 heterocycles. The second kappa shape index (κ2) is 20.3. The quantitative estimate of drug-likeness (QED) is 0.152. The van der Waals surface area contributed by atoms with E-state index in [-0.39, 0.29) is 32.0 Å². The van der Waals surface area contributed by atoms with Crippen molar-refractivity contribution >= 4 is 86.6 Å². The van der Waals surface area contributed by atoms with E-state index in [0.29, 0.717) is 91.9 Å². The van der Waals surface area contributed by atoms with Crippen molar-refractivity contribution in [2.24, 2.45) is 5.92 Å². The van der Waals surface area contributed by atoms with Crippen LogP contribution in [0.5, 0.6) is 0 Å². The first-order chi connectivity index (χ1) is 35.1. The van der Waals surface area contributed by atoms with Gasteiger partial charge < -0.3 is 29.1 Å². The van der Waals surface area contributed by atoms with E-state index in [1.807, 2.05) is 143 Å². The van der Waals surface area contributed by atoms with Crippen molar-refractivity contribution in [3.05, 3.63) is 121 Å². The van der Waals surface area contributed by atoms with Gasteiger partial charge in [0.1, 0.15) is 11.2 Å². The lowest BCUT2D eigenvalue weighted by Gasteiger charge is -2.36. The van der Waals surface area contributed by atoms with Gasteiger partial charge in [0.2, 0.25) is 19.7 Å². The average Bonchev–Trinajstić information content (AvgIpc) is 3.98. The SMILES string of the molecule is CC(C)(C)OC(=O)N1CCN(c2ccc3n[nH]c(S(=O)(=O)c4cccc5ccccc45)c3c2)CC1.CC(C)Cn1nc(S(=O)(=O)c2cccc3ccccc23)c2cc(N3CCN(C(=O)OC(C)(C)C)CC3)ccc21. The van der Waals surface area contributed by atoms with Gasteiger partial charge in [-0.15, -0.1) is 0 Å². The summed E-state index contributed by atoms with van der Waals surface area (Å²) in [6.07, 6.45) is -0.623. The monoisotopic (exact) mass is 1040 g/mol. The number of H-pyrrole nitrogens is 1. The third-order valence-electron chi connectivity index (χ3n) is 12.9. The maximum Gasteiger partial charge on any atom is 0.410 e. The molecule has 0 atom stereocenters. The van der Waals surface area contributed by atoms with Crippen molar-refractivity contribution in [3.8, 4) is 0 Å². The fraction of sp³-hybridized carbons (Fsp3) is 0.357. The number of hydrogen-bond acceptors (Lipinski definition) is 12. The summed E-state index contributed by atoms with van der Waals surface area (Å²) in [7, 11) is -7.75. The van der Waals surface area contributed by atoms with Gasteiger partial charge in [0, 0.05) is 91.8 Å². The number of hydrogen-bond donors (Lipinski definition) is 1. The van der Waals surface area contributed by atoms with Gasteiger partial charge in [-0.1, -0.05) is 86.6 Å². The van der Waals surface area contributed by atoms with Crippen molar-refractivity contribution in [3.63, 3.8) is 0 Å². The van der Waals surface area contributed by atoms with Crippen molar-refractivity contribution in [1.82, 2.24) is 29.8 Å². The Morgan fingerprint density at radius 1 is 0.568 bits per heavy atom. The molecule has 2 aliphatic rings. The molecule has 74 heavy (non-hydrogen) atoms. The fourth-order valence-corrected chi connectivity index (χ4v) is 12.6. The van der Waals surface area contributed by atoms with Gasteiger partial charge in [-0.3, -0.25) is 9.78 Å². The van der Waals surface area contributed by atoms with E-state index >= 15 is 0 Å². The highest BCUT2D eigenvalue weighted by atomic mass is 32.2. The summed E-state index contributed by atoms with van der Waals surface area (Å²) >= 11 is 0. The summed E-state index contributed by atoms with van der Waals surface area (Å²) in [4.78, 5) is 33.1. The molecule has 0 spiro atoms. The predicted octanol–water partition coefficient (Wildman–Crippen LogP) is 10.3. The molecule has 16 nitrogen and oxygen atoms in total. The molecule has 1 N–H and O–H groups in total. The van der Waals surface area contributed by atoms with Crippen LogP contribution >= 0.6 is 0 Å². The molecule has 2 aliphatic heterocycles. The molecule has 8 aromatic rings. The average molecular weight is 1040 g/mol. The van der Waals surface area contributed by atoms with Gasteiger partial charge in [0.15, 0.2) is 10.1 Å². The van der Waals surface area contributed by atoms with E-state index in [4.69, 9.17) is 9.47 Å². The van der Waals surface area contributed by atoms with Crippen LogP contribution in [-0.4, -0.2) is 122 Å². The number of aromatic nitrogens is 4. The largest absolute Gasteiger partial charge is 0.444 e. The van der Waals surface area contributed by atoms with Crippen LogP contribution < -0.4 is 9.80 Å². The number of sulfone groups is 2. The number of fused-ring (bicyclic) bond motifs is 4. The maximum atomic E-state index is 14.1. The van der Waals surface area contributed by atoms with E-state index in [2.05, 4.69) is 38.9 Å². The zero-order chi connectivity index (χ0) is 52.7. The predicted molar refractivity (Wildman–Crippen MR) is 290 cm³/mol. The Hall–Kier alpha value is -7.18. The van der Waals surface area contributed by atoms with Crippen LogP contribution in [0.4, 0.5) is 21.0 Å². The van der Waals surface area contributed by atoms with Gasteiger partial charge in [-0.2, -0.15) is 10.2 Å². The molecule has 2 amide bonds. The van der Waals surface area contributed by atoms with Gasteiger partial charge in [0.25, 0.3) is 0 Å². The summed E-state index contributed by atoms with van der Waals surface area (Å²) in [6.45, 7) is 20.5. The summed E-state index contributed by atoms with van der Waals surface area (Å²) in [6, 6.07) is 37.1. The first kappa shape index (κ1) is 51.7. The number of anilines is 2. The molecule has 0 bridgehead atoms. The van der Waals surface area contributed by atoms with Crippen LogP contribution in [0.15, 0.2) is 141 Å². The second-order valence-corrected chi connectivity index (χ2v) is 24.9. The molecule has 0 unspecified atom stereocenters. The molecule has 18 heteroatoms. The molecule has 6 aromatic carbocycles. The Balaban J connectivity index is 0.000000183. The highest BCUT2D eigenvalue weighted by Gasteiger charge is 2.32. The lowest BCUT2D eigenvalue weighted by molar-refractivity contribution is 0.0230. The van der Waals surface area contributed by atoms with Crippen molar-refractivity contribution in [2.75, 3.05) is 62.2 Å². The van der Waals surface area contributed by atoms with Crippen LogP contribution in [0, 0.1) is 5.92 Å². The number of piperazine rings is 2. The number of aromatic amines is 1. The van der Waals surface area contributed by atoms with Crippen LogP contribution in [0.25, 0.3) is 43.4 Å². The van der Waals surface area contributed by atoms with Crippen LogP contribution in [0.3, 0.4) is 0 Å². The van der Waals surface area contributed by atoms with Crippen LogP contribution in [-0.2, 0) is 35.7 Å². The molecule has 2 aromatic heterocycles. The van der Waals surface area contributed by atoms with Crippen molar-refractivity contribution < 1.29 is 35.9 Å². The van der Waals surface area contributed by atoms with Crippen LogP contribution in [0.1, 0.15) is 55.4 Å². The third-order valence-corrected chi connectivity index (χ3v) is 16.5. The van der Waals surface area contributed by atoms with E-state index in [0.717, 1.165) is 27.7 Å². The molecule has 0 saturated carbocycles. The standard InChI is InChI=1S/C30H36N4O4S.C26H28N4O4S/c1-21(2)20-34-26-14-13-23(32-15-17-33(18-16-32)29(35)38-30(3,4)5)19-25(26)28(31-34)39(36,37)27-12-8-10-22-9-6-7-11-24(22)27;1-26(2,3)34-25(31)30-15-13-29(14-16-30)19-11-12-22-21(17-19)24(28-27-22)35(32,33)23-10-6-8-18-7-4-5-9-20(18)23/h6-14,19,21H,15-18,20H2,1-5H3;4-12,17H,13-16H2,1-3H3,(H,27,28). The molecule has 2 saturated heterocycles. The first-order valence-corrected chi connectivity index (χ1v) is 27.9. The summed E-state index contributed by atoms with van der Waals surface area (Å²) in [5.74, 6) is 0.293. The minimum Gasteiger partial charge on any atom is -0.444 e. The Morgan fingerprint density at radius 2 is 1.03 bits per heavy atom. The first-order valence-electron chi connectivity index (χ1n) is 25.0. The molecule has 388 valence electrons. The Kier molecular flexibility index (Phi) is 14.2. The van der Waals surface area contributed by atoms with E-state index in [1.165, 1.54) is 0 Å². The molecule has 2 fully saturated rings. The van der Waals surface area contributed by atoms with Crippen molar-refractivity contribution in [2.45, 2.75) is 93.0 Å². The maximum absolute atomic E-state index is 14.1. The second-order valence-electron chi connectivity index (χ2n) is 21.2. The minimum atomic E-state index is -3.91. The van der Waals surface area contributed by atoms with Gasteiger partial charge in [-0.05, 0) is 107 Å². The van der Waals surface area contributed by atoms with Crippen molar-refractivity contribution in [1.29, 1.82) is 0 Å². The zero-order valence-corrected chi connectivity index (χ0v) is 44.8. The minimum absolute atomic E-state index is 0.0729. The molecule has 0 aliphatic carbocycles. The van der Waals surface area contributed by atoms with Crippen LogP contribution in [0.2, 0.25) is 0 Å². The van der Waals surface area contributed by atoms with Gasteiger partial charge in [0.05, 0.1) is 20.8 Å². The Bertz CT molecular complexity index is 3610. The fourth-order valence-electron chi connectivity index (χ4n) is 9.42. The van der Waals surface area contributed by atoms with E-state index in [1.54, 1.807) is 34.1 Å². The summed E-state index contributed by atoms with van der Waals surface area (Å²) in [5.41, 5.74) is 2.09. The lowest BCUT2D eigenvalue weighted by atomic mass is 10.1. The molecule has 10 rings (SSSR count). The number of benzene rings is 6. The summed E-state index contributed by atoms with van der Waals surface area (Å²) < 4.78 is 68.5. The number of carbonyl (C=O) groups excluding carboxylic acids is 2. The third kappa shape index (κ3) is 10.9. The number of nitrogens with zero attached hydrogens (tertiary/aromatic N) is 7. The summed E-state index contributed by atoms with van der Waals surface area (Å²) in [5, 5.41) is 16.1.